The van der Waals surface area contributed by atoms with Crippen LogP contribution < -0.4 is 4.74 Å². The lowest BCUT2D eigenvalue weighted by molar-refractivity contribution is 0.104. The number of nitrogens with zero attached hydrogens (tertiary/aromatic N) is 1. The van der Waals surface area contributed by atoms with Gasteiger partial charge in [-0.25, -0.2) is 0 Å². The van der Waals surface area contributed by atoms with Gasteiger partial charge >= 0.3 is 0 Å². The Labute approximate surface area is 122 Å². The van der Waals surface area contributed by atoms with Crippen LogP contribution in [0.15, 0.2) is 54.1 Å². The summed E-state index contributed by atoms with van der Waals surface area (Å²) in [6.07, 6.45) is 1.52. The number of hydrogen-bond donors (Lipinski definition) is 1. The zero-order chi connectivity index (χ0) is 15.2. The third kappa shape index (κ3) is 3.48. The Bertz CT molecular complexity index is 707. The van der Waals surface area contributed by atoms with E-state index in [1.165, 1.54) is 30.3 Å². The van der Waals surface area contributed by atoms with Crippen LogP contribution in [0.4, 0.5) is 0 Å². The second kappa shape index (κ2) is 6.40. The lowest BCUT2D eigenvalue weighted by atomic mass is 10.0. The molecule has 0 saturated heterocycles. The van der Waals surface area contributed by atoms with Crippen LogP contribution in [0.3, 0.4) is 0 Å². The van der Waals surface area contributed by atoms with Crippen molar-refractivity contribution in [3.05, 3.63) is 65.2 Å². The molecule has 4 nitrogen and oxygen atoms in total. The summed E-state index contributed by atoms with van der Waals surface area (Å²) in [5, 5.41) is 18.4. The molecule has 0 aliphatic rings. The number of Topliss-reactive ketones (excluding diaryl/α,β-unsaturated/α-hetero) is 1. The van der Waals surface area contributed by atoms with Crippen LogP contribution in [0.2, 0.25) is 0 Å². The predicted molar refractivity (Wildman–Crippen MR) is 79.0 cm³/mol. The van der Waals surface area contributed by atoms with Gasteiger partial charge in [0.2, 0.25) is 5.78 Å². The summed E-state index contributed by atoms with van der Waals surface area (Å²) in [4.78, 5) is 12.2. The van der Waals surface area contributed by atoms with Gasteiger partial charge in [0.1, 0.15) is 23.1 Å². The Morgan fingerprint density at radius 1 is 1.14 bits per heavy atom. The maximum Gasteiger partial charge on any atom is 0.203 e. The Morgan fingerprint density at radius 3 is 2.29 bits per heavy atom. The number of carbonyl (C=O) groups is 1. The number of carbonyl (C=O) groups excluding carboxylic acids is 1. The fourth-order valence-electron chi connectivity index (χ4n) is 1.78. The van der Waals surface area contributed by atoms with Gasteiger partial charge in [0, 0.05) is 5.56 Å². The molecule has 0 aromatic heterocycles. The maximum atomic E-state index is 12.2. The highest BCUT2D eigenvalue weighted by atomic mass is 16.5. The molecule has 0 atom stereocenters. The first-order chi connectivity index (χ1) is 10.1. The van der Waals surface area contributed by atoms with Crippen LogP contribution in [0.25, 0.3) is 6.08 Å². The molecule has 21 heavy (non-hydrogen) atoms. The van der Waals surface area contributed by atoms with Gasteiger partial charge in [-0.3, -0.25) is 4.79 Å². The van der Waals surface area contributed by atoms with E-state index in [0.29, 0.717) is 11.3 Å². The lowest BCUT2D eigenvalue weighted by Crippen LogP contribution is -2.01. The van der Waals surface area contributed by atoms with E-state index >= 15 is 0 Å². The molecule has 0 spiro atoms. The van der Waals surface area contributed by atoms with Crippen molar-refractivity contribution in [1.29, 1.82) is 5.26 Å². The highest BCUT2D eigenvalue weighted by Crippen LogP contribution is 2.17. The molecule has 0 unspecified atom stereocenters. The van der Waals surface area contributed by atoms with Crippen LogP contribution >= 0.6 is 0 Å². The fraction of sp³-hybridized carbons (Fsp3) is 0.0588. The third-order valence-electron chi connectivity index (χ3n) is 2.92. The van der Waals surface area contributed by atoms with E-state index in [4.69, 9.17) is 10.00 Å². The summed E-state index contributed by atoms with van der Waals surface area (Å²) in [6.45, 7) is 0. The number of rotatable bonds is 4. The molecule has 0 aliphatic carbocycles. The van der Waals surface area contributed by atoms with Crippen molar-refractivity contribution in [2.45, 2.75) is 0 Å². The lowest BCUT2D eigenvalue weighted by Gasteiger charge is -2.02. The monoisotopic (exact) mass is 279 g/mol. The Hall–Kier alpha value is -3.06. The molecule has 4 heteroatoms. The molecule has 2 aromatic rings. The third-order valence-corrected chi connectivity index (χ3v) is 2.92. The molecule has 0 radical (unpaired) electrons. The van der Waals surface area contributed by atoms with E-state index in [1.54, 1.807) is 31.4 Å². The van der Waals surface area contributed by atoms with Gasteiger partial charge in [0.05, 0.1) is 7.11 Å². The molecule has 1 N–H and O–H groups in total. The predicted octanol–water partition coefficient (Wildman–Crippen LogP) is 3.19. The Morgan fingerprint density at radius 2 is 1.76 bits per heavy atom. The van der Waals surface area contributed by atoms with Crippen LogP contribution in [0.1, 0.15) is 15.9 Å². The summed E-state index contributed by atoms with van der Waals surface area (Å²) in [5.41, 5.74) is 1.12. The van der Waals surface area contributed by atoms with E-state index in [2.05, 4.69) is 0 Å². The van der Waals surface area contributed by atoms with Gasteiger partial charge in [-0.1, -0.05) is 12.1 Å². The molecule has 104 valence electrons. The average molecular weight is 279 g/mol. The number of allylic oxidation sites excluding steroid dienone is 1. The second-order valence-electron chi connectivity index (χ2n) is 4.32. The molecule has 0 heterocycles. The number of aromatic hydroxyl groups is 1. The molecule has 2 rings (SSSR count). The number of benzene rings is 2. The number of phenolic OH excluding ortho intramolecular Hbond substituents is 1. The molecule has 0 amide bonds. The first-order valence-corrected chi connectivity index (χ1v) is 6.23. The molecular weight excluding hydrogens is 266 g/mol. The molecule has 0 saturated carbocycles. The molecule has 0 fully saturated rings. The van der Waals surface area contributed by atoms with Crippen molar-refractivity contribution in [1.82, 2.24) is 0 Å². The van der Waals surface area contributed by atoms with Gasteiger partial charge in [-0.15, -0.1) is 0 Å². The largest absolute Gasteiger partial charge is 0.508 e. The zero-order valence-corrected chi connectivity index (χ0v) is 11.4. The van der Waals surface area contributed by atoms with Crippen molar-refractivity contribution in [3.8, 4) is 17.6 Å². The van der Waals surface area contributed by atoms with E-state index < -0.39 is 0 Å². The minimum atomic E-state index is -0.381. The quantitative estimate of drug-likeness (QED) is 0.530. The first-order valence-electron chi connectivity index (χ1n) is 6.23. The summed E-state index contributed by atoms with van der Waals surface area (Å²) in [5.74, 6) is 0.396. The summed E-state index contributed by atoms with van der Waals surface area (Å²) >= 11 is 0. The normalized spacial score (nSPS) is 10.8. The standard InChI is InChI=1S/C17H13NO3/c1-21-16-8-2-12(3-9-16)10-14(11-18)17(20)13-4-6-15(19)7-5-13/h2-10,19H,1H3. The smallest absolute Gasteiger partial charge is 0.203 e. The van der Waals surface area contributed by atoms with Crippen molar-refractivity contribution >= 4 is 11.9 Å². The molecular formula is C17H13NO3. The van der Waals surface area contributed by atoms with Crippen molar-refractivity contribution < 1.29 is 14.6 Å². The minimum absolute atomic E-state index is 0.0332. The van der Waals surface area contributed by atoms with Crippen molar-refractivity contribution in [3.63, 3.8) is 0 Å². The zero-order valence-electron chi connectivity index (χ0n) is 11.4. The first kappa shape index (κ1) is 14.4. The number of nitriles is 1. The number of ether oxygens (including phenoxy) is 1. The summed E-state index contributed by atoms with van der Waals surface area (Å²) < 4.78 is 5.05. The molecule has 0 bridgehead atoms. The van der Waals surface area contributed by atoms with Gasteiger partial charge in [0.15, 0.2) is 0 Å². The maximum absolute atomic E-state index is 12.2. The van der Waals surface area contributed by atoms with E-state index in [0.717, 1.165) is 5.56 Å². The van der Waals surface area contributed by atoms with E-state index in [1.807, 2.05) is 6.07 Å². The SMILES string of the molecule is COc1ccc(C=C(C#N)C(=O)c2ccc(O)cc2)cc1. The fourth-order valence-corrected chi connectivity index (χ4v) is 1.78. The van der Waals surface area contributed by atoms with Crippen LogP contribution in [-0.2, 0) is 0 Å². The number of hydrogen-bond acceptors (Lipinski definition) is 4. The van der Waals surface area contributed by atoms with Crippen molar-refractivity contribution in [2.75, 3.05) is 7.11 Å². The van der Waals surface area contributed by atoms with Crippen LogP contribution in [0.5, 0.6) is 11.5 Å². The topological polar surface area (TPSA) is 70.3 Å². The number of ketones is 1. The second-order valence-corrected chi connectivity index (χ2v) is 4.32. The minimum Gasteiger partial charge on any atom is -0.508 e. The Balaban J connectivity index is 2.29. The Kier molecular flexibility index (Phi) is 4.37. The highest BCUT2D eigenvalue weighted by Gasteiger charge is 2.12. The summed E-state index contributed by atoms with van der Waals surface area (Å²) in [7, 11) is 1.57. The van der Waals surface area contributed by atoms with Crippen LogP contribution in [0, 0.1) is 11.3 Å². The van der Waals surface area contributed by atoms with E-state index in [-0.39, 0.29) is 17.1 Å². The van der Waals surface area contributed by atoms with Gasteiger partial charge in [0.25, 0.3) is 0 Å². The van der Waals surface area contributed by atoms with Gasteiger partial charge < -0.3 is 9.84 Å². The number of methoxy groups -OCH3 is 1. The van der Waals surface area contributed by atoms with Gasteiger partial charge in [-0.05, 0) is 48.0 Å². The summed E-state index contributed by atoms with van der Waals surface area (Å²) in [6, 6.07) is 14.7. The van der Waals surface area contributed by atoms with E-state index in [9.17, 15) is 9.90 Å². The van der Waals surface area contributed by atoms with Gasteiger partial charge in [-0.2, -0.15) is 5.26 Å². The molecule has 0 aliphatic heterocycles. The highest BCUT2D eigenvalue weighted by molar-refractivity contribution is 6.14. The number of phenols is 1. The average Bonchev–Trinajstić information content (AvgIpc) is 2.53. The van der Waals surface area contributed by atoms with Crippen molar-refractivity contribution in [2.24, 2.45) is 0 Å². The van der Waals surface area contributed by atoms with Crippen LogP contribution in [-0.4, -0.2) is 18.0 Å². The molecule has 2 aromatic carbocycles.